The van der Waals surface area contributed by atoms with Gasteiger partial charge in [-0.05, 0) is 67.1 Å². The van der Waals surface area contributed by atoms with Crippen LogP contribution >= 0.6 is 11.6 Å². The number of halogens is 2. The third kappa shape index (κ3) is 10.7. The minimum Gasteiger partial charge on any atom is -0.377 e. The minimum atomic E-state index is -0.701. The van der Waals surface area contributed by atoms with Crippen LogP contribution in [0.5, 0.6) is 0 Å². The quantitative estimate of drug-likeness (QED) is 0.148. The molecule has 0 bridgehead atoms. The SMILES string of the molecule is CCn1cc(-c2cnc(C(=O)N3CCC(CN4CCN(CC(O)N5CCN(C(=O)c6cc(Cc7n[nH]c(=O)c8ccccc78)ccc6F)CC5)CC4)CC3)c(NC(=O)CCl)c2)ccc1=O. The maximum absolute atomic E-state index is 15.1. The van der Waals surface area contributed by atoms with Crippen molar-refractivity contribution in [1.29, 1.82) is 0 Å². The molecule has 2 aromatic carbocycles. The number of amides is 3. The number of hydrogen-bond donors (Lipinski definition) is 3. The molecule has 8 rings (SSSR count). The van der Waals surface area contributed by atoms with Crippen molar-refractivity contribution in [1.82, 2.24) is 44.2 Å². The van der Waals surface area contributed by atoms with E-state index in [0.717, 1.165) is 51.1 Å². The minimum absolute atomic E-state index is 0.0134. The van der Waals surface area contributed by atoms with E-state index in [0.29, 0.717) is 92.3 Å². The van der Waals surface area contributed by atoms with Gasteiger partial charge in [-0.15, -0.1) is 11.6 Å². The standard InChI is InChI=1S/C47H54ClFN10O6/c1-2-56-29-33(8-10-42(56)61)34-25-40(51-41(60)26-48)44(50-27-34)47(65)58-13-11-31(12-14-58)28-54-15-17-55(18-16-54)30-43(62)57-19-21-59(22-20-57)46(64)37-23-32(7-9-38(37)49)24-39-35-5-3-4-6-36(35)45(63)53-52-39/h3-10,23,25,27,29,31,43,62H,2,11-22,24,26,28,30H2,1H3,(H,51,60)(H,53,63). The molecular weight excluding hydrogens is 855 g/mol. The van der Waals surface area contributed by atoms with Gasteiger partial charge in [0.25, 0.3) is 22.9 Å². The Morgan fingerprint density at radius 2 is 1.57 bits per heavy atom. The van der Waals surface area contributed by atoms with Crippen molar-refractivity contribution in [3.05, 3.63) is 122 Å². The van der Waals surface area contributed by atoms with Crippen LogP contribution < -0.4 is 16.4 Å². The molecule has 18 heteroatoms. The number of pyridine rings is 2. The van der Waals surface area contributed by atoms with E-state index in [4.69, 9.17) is 11.6 Å². The van der Waals surface area contributed by atoms with Crippen molar-refractivity contribution in [3.8, 4) is 11.1 Å². The molecule has 0 radical (unpaired) electrons. The summed E-state index contributed by atoms with van der Waals surface area (Å²) in [5.74, 6) is -1.57. The Bertz CT molecular complexity index is 2650. The fraction of sp³-hybridized carbons (Fsp3) is 0.426. The summed E-state index contributed by atoms with van der Waals surface area (Å²) in [5, 5.41) is 21.9. The largest absolute Gasteiger partial charge is 0.377 e. The number of carbonyl (C=O) groups excluding carboxylic acids is 3. The molecule has 0 saturated carbocycles. The molecule has 3 N–H and O–H groups in total. The van der Waals surface area contributed by atoms with Crippen molar-refractivity contribution in [2.45, 2.75) is 39.0 Å². The number of piperidine rings is 1. The molecule has 342 valence electrons. The first kappa shape index (κ1) is 45.7. The zero-order valence-corrected chi connectivity index (χ0v) is 37.2. The summed E-state index contributed by atoms with van der Waals surface area (Å²) in [6.45, 7) is 9.90. The lowest BCUT2D eigenvalue weighted by molar-refractivity contribution is -0.113. The topological polar surface area (TPSA) is 180 Å². The van der Waals surface area contributed by atoms with E-state index in [2.05, 4.69) is 30.3 Å². The summed E-state index contributed by atoms with van der Waals surface area (Å²) < 4.78 is 16.6. The van der Waals surface area contributed by atoms with Crippen LogP contribution in [0.1, 0.15) is 51.9 Å². The van der Waals surface area contributed by atoms with E-state index in [1.165, 1.54) is 12.1 Å². The van der Waals surface area contributed by atoms with E-state index in [-0.39, 0.29) is 39.9 Å². The lowest BCUT2D eigenvalue weighted by Gasteiger charge is -2.41. The molecule has 6 heterocycles. The molecular formula is C47H54ClFN10O6. The van der Waals surface area contributed by atoms with Crippen LogP contribution in [0, 0.1) is 11.7 Å². The zero-order chi connectivity index (χ0) is 45.6. The Morgan fingerprint density at radius 3 is 2.29 bits per heavy atom. The predicted molar refractivity (Wildman–Crippen MR) is 246 cm³/mol. The first-order chi connectivity index (χ1) is 31.5. The van der Waals surface area contributed by atoms with Crippen LogP contribution in [-0.4, -0.2) is 158 Å². The average molecular weight is 909 g/mol. The van der Waals surface area contributed by atoms with Crippen molar-refractivity contribution < 1.29 is 23.9 Å². The number of nitrogens with one attached hydrogen (secondary N) is 2. The fourth-order valence-corrected chi connectivity index (χ4v) is 9.16. The van der Waals surface area contributed by atoms with Gasteiger partial charge in [-0.1, -0.05) is 24.3 Å². The van der Waals surface area contributed by atoms with Crippen molar-refractivity contribution in [2.75, 3.05) is 89.7 Å². The highest BCUT2D eigenvalue weighted by molar-refractivity contribution is 6.29. The predicted octanol–water partition coefficient (Wildman–Crippen LogP) is 3.32. The van der Waals surface area contributed by atoms with Crippen LogP contribution in [0.4, 0.5) is 10.1 Å². The van der Waals surface area contributed by atoms with Gasteiger partial charge in [-0.3, -0.25) is 33.8 Å². The summed E-state index contributed by atoms with van der Waals surface area (Å²) in [4.78, 5) is 78.7. The molecule has 3 amide bonds. The number of likely N-dealkylation sites (tertiary alicyclic amines) is 1. The Hall–Kier alpha value is -5.85. The highest BCUT2D eigenvalue weighted by atomic mass is 35.5. The molecule has 0 aliphatic carbocycles. The number of H-pyrrole nitrogens is 1. The zero-order valence-electron chi connectivity index (χ0n) is 36.4. The van der Waals surface area contributed by atoms with Gasteiger partial charge in [-0.2, -0.15) is 5.10 Å². The number of rotatable bonds is 13. The number of aliphatic hydroxyl groups excluding tert-OH is 1. The number of benzene rings is 2. The number of aromatic amines is 1. The van der Waals surface area contributed by atoms with Crippen LogP contribution in [-0.2, 0) is 17.8 Å². The first-order valence-electron chi connectivity index (χ1n) is 22.2. The highest BCUT2D eigenvalue weighted by Crippen LogP contribution is 2.27. The summed E-state index contributed by atoms with van der Waals surface area (Å²) in [6.07, 6.45) is 4.60. The normalized spacial score (nSPS) is 17.4. The van der Waals surface area contributed by atoms with Gasteiger partial charge >= 0.3 is 0 Å². The molecule has 3 saturated heterocycles. The lowest BCUT2D eigenvalue weighted by atomic mass is 9.95. The van der Waals surface area contributed by atoms with E-state index in [1.807, 2.05) is 24.0 Å². The Kier molecular flexibility index (Phi) is 14.4. The van der Waals surface area contributed by atoms with E-state index < -0.39 is 23.9 Å². The third-order valence-corrected chi connectivity index (χ3v) is 13.1. The third-order valence-electron chi connectivity index (χ3n) is 12.9. The number of anilines is 1. The van der Waals surface area contributed by atoms with E-state index >= 15 is 4.39 Å². The number of fused-ring (bicyclic) bond motifs is 1. The Balaban J connectivity index is 0.776. The monoisotopic (exact) mass is 908 g/mol. The molecule has 5 aromatic rings. The lowest BCUT2D eigenvalue weighted by Crippen LogP contribution is -2.56. The second kappa shape index (κ2) is 20.5. The number of β-amino-alcohol motifs (C(OH)–C–C–N with tert-alkyl or cyclic N) is 1. The maximum atomic E-state index is 15.1. The van der Waals surface area contributed by atoms with Crippen LogP contribution in [0.3, 0.4) is 0 Å². The van der Waals surface area contributed by atoms with Gasteiger partial charge < -0.3 is 29.7 Å². The van der Waals surface area contributed by atoms with Gasteiger partial charge in [-0.25, -0.2) is 14.5 Å². The second-order valence-corrected chi connectivity index (χ2v) is 17.3. The fourth-order valence-electron chi connectivity index (χ4n) is 9.09. The maximum Gasteiger partial charge on any atom is 0.274 e. The van der Waals surface area contributed by atoms with Crippen LogP contribution in [0.2, 0.25) is 0 Å². The molecule has 3 aromatic heterocycles. The molecule has 3 aliphatic heterocycles. The van der Waals surface area contributed by atoms with E-state index in [9.17, 15) is 29.1 Å². The number of aryl methyl sites for hydroxylation is 1. The summed E-state index contributed by atoms with van der Waals surface area (Å²) in [6, 6.07) is 16.5. The first-order valence-corrected chi connectivity index (χ1v) is 22.8. The molecule has 3 aliphatic rings. The van der Waals surface area contributed by atoms with Gasteiger partial charge in [0.15, 0.2) is 5.69 Å². The summed E-state index contributed by atoms with van der Waals surface area (Å²) in [7, 11) is 0. The molecule has 3 fully saturated rings. The molecule has 0 spiro atoms. The second-order valence-electron chi connectivity index (χ2n) is 17.0. The van der Waals surface area contributed by atoms with Crippen molar-refractivity contribution >= 4 is 45.8 Å². The van der Waals surface area contributed by atoms with Crippen LogP contribution in [0.15, 0.2) is 82.6 Å². The van der Waals surface area contributed by atoms with Crippen LogP contribution in [0.25, 0.3) is 21.9 Å². The highest BCUT2D eigenvalue weighted by Gasteiger charge is 2.31. The number of piperazine rings is 2. The van der Waals surface area contributed by atoms with Gasteiger partial charge in [0.05, 0.1) is 22.3 Å². The van der Waals surface area contributed by atoms with Crippen molar-refractivity contribution in [3.63, 3.8) is 0 Å². The molecule has 1 atom stereocenters. The van der Waals surface area contributed by atoms with Crippen molar-refractivity contribution in [2.24, 2.45) is 5.92 Å². The van der Waals surface area contributed by atoms with Gasteiger partial charge in [0.2, 0.25) is 5.91 Å². The Morgan fingerprint density at radius 1 is 0.862 bits per heavy atom. The number of alkyl halides is 1. The summed E-state index contributed by atoms with van der Waals surface area (Å²) in [5.41, 5.74) is 2.71. The smallest absolute Gasteiger partial charge is 0.274 e. The molecule has 16 nitrogen and oxygen atoms in total. The number of hydrogen-bond acceptors (Lipinski definition) is 11. The van der Waals surface area contributed by atoms with E-state index in [1.54, 1.807) is 63.2 Å². The number of carbonyl (C=O) groups is 3. The Labute approximate surface area is 380 Å². The summed E-state index contributed by atoms with van der Waals surface area (Å²) >= 11 is 5.81. The van der Waals surface area contributed by atoms with Gasteiger partial charge in [0.1, 0.15) is 17.9 Å². The number of nitrogens with zero attached hydrogens (tertiary/aromatic N) is 8. The number of aromatic nitrogens is 4. The molecule has 65 heavy (non-hydrogen) atoms. The molecule has 1 unspecified atom stereocenters. The van der Waals surface area contributed by atoms with Gasteiger partial charge in [0, 0.05) is 121 Å². The number of aliphatic hydroxyl groups is 1. The average Bonchev–Trinajstić information content (AvgIpc) is 3.33.